The van der Waals surface area contributed by atoms with Gasteiger partial charge in [0.1, 0.15) is 0 Å². The van der Waals surface area contributed by atoms with Crippen LogP contribution in [0.4, 0.5) is 5.69 Å². The standard InChI is InChI=1S/C15H14BrNOS/c16-10-12-6-8-13(9-7-12)17-15(18)11-19-14-4-2-1-3-5-14/h1-9H,10-11H2,(H,17,18). The van der Waals surface area contributed by atoms with Crippen LogP contribution in [0.5, 0.6) is 0 Å². The van der Waals surface area contributed by atoms with Crippen molar-refractivity contribution in [3.05, 3.63) is 60.2 Å². The first-order chi connectivity index (χ1) is 9.28. The molecule has 0 aliphatic rings. The molecule has 2 nitrogen and oxygen atoms in total. The monoisotopic (exact) mass is 335 g/mol. The first kappa shape index (κ1) is 14.2. The lowest BCUT2D eigenvalue weighted by Crippen LogP contribution is -2.13. The van der Waals surface area contributed by atoms with E-state index >= 15 is 0 Å². The van der Waals surface area contributed by atoms with E-state index in [-0.39, 0.29) is 5.91 Å². The summed E-state index contributed by atoms with van der Waals surface area (Å²) in [5.41, 5.74) is 2.03. The van der Waals surface area contributed by atoms with E-state index in [1.807, 2.05) is 54.6 Å². The van der Waals surface area contributed by atoms with E-state index in [9.17, 15) is 4.79 Å². The summed E-state index contributed by atoms with van der Waals surface area (Å²) in [6, 6.07) is 17.7. The van der Waals surface area contributed by atoms with Gasteiger partial charge in [-0.05, 0) is 29.8 Å². The average molecular weight is 336 g/mol. The first-order valence-electron chi connectivity index (χ1n) is 5.90. The van der Waals surface area contributed by atoms with Crippen LogP contribution in [0.15, 0.2) is 59.5 Å². The number of carbonyl (C=O) groups excluding carboxylic acids is 1. The number of thioether (sulfide) groups is 1. The number of amides is 1. The molecule has 0 heterocycles. The van der Waals surface area contributed by atoms with Gasteiger partial charge in [-0.2, -0.15) is 0 Å². The van der Waals surface area contributed by atoms with E-state index in [0.29, 0.717) is 5.75 Å². The predicted octanol–water partition coefficient (Wildman–Crippen LogP) is 4.31. The summed E-state index contributed by atoms with van der Waals surface area (Å²) in [4.78, 5) is 12.9. The van der Waals surface area contributed by atoms with Crippen molar-refractivity contribution >= 4 is 39.3 Å². The zero-order valence-corrected chi connectivity index (χ0v) is 12.7. The number of hydrogen-bond donors (Lipinski definition) is 1. The minimum atomic E-state index is 0.0143. The number of anilines is 1. The molecule has 0 unspecified atom stereocenters. The summed E-state index contributed by atoms with van der Waals surface area (Å²) < 4.78 is 0. The fourth-order valence-corrected chi connectivity index (χ4v) is 2.63. The number of rotatable bonds is 5. The van der Waals surface area contributed by atoms with E-state index < -0.39 is 0 Å². The Morgan fingerprint density at radius 3 is 2.37 bits per heavy atom. The highest BCUT2D eigenvalue weighted by Gasteiger charge is 2.03. The van der Waals surface area contributed by atoms with Crippen LogP contribution in [0.25, 0.3) is 0 Å². The third-order valence-corrected chi connectivity index (χ3v) is 4.16. The molecule has 0 aliphatic carbocycles. The molecule has 0 saturated heterocycles. The fourth-order valence-electron chi connectivity index (χ4n) is 1.54. The average Bonchev–Trinajstić information content (AvgIpc) is 2.47. The van der Waals surface area contributed by atoms with Crippen molar-refractivity contribution in [2.75, 3.05) is 11.1 Å². The molecule has 2 rings (SSSR count). The summed E-state index contributed by atoms with van der Waals surface area (Å²) in [6.45, 7) is 0. The van der Waals surface area contributed by atoms with Crippen LogP contribution in [0.2, 0.25) is 0 Å². The Hall–Kier alpha value is -1.26. The lowest BCUT2D eigenvalue weighted by atomic mass is 10.2. The second-order valence-corrected chi connectivity index (χ2v) is 5.59. The minimum absolute atomic E-state index is 0.0143. The summed E-state index contributed by atoms with van der Waals surface area (Å²) in [6.07, 6.45) is 0. The third-order valence-electron chi connectivity index (χ3n) is 2.51. The minimum Gasteiger partial charge on any atom is -0.325 e. The molecule has 98 valence electrons. The molecule has 0 atom stereocenters. The van der Waals surface area contributed by atoms with Crippen LogP contribution >= 0.6 is 27.7 Å². The van der Waals surface area contributed by atoms with Gasteiger partial charge in [-0.15, -0.1) is 11.8 Å². The molecule has 4 heteroatoms. The molecule has 0 aliphatic heterocycles. The van der Waals surface area contributed by atoms with Gasteiger partial charge in [0.15, 0.2) is 0 Å². The molecule has 0 spiro atoms. The van der Waals surface area contributed by atoms with Gasteiger partial charge in [-0.1, -0.05) is 46.3 Å². The summed E-state index contributed by atoms with van der Waals surface area (Å²) in [7, 11) is 0. The largest absolute Gasteiger partial charge is 0.325 e. The number of benzene rings is 2. The lowest BCUT2D eigenvalue weighted by molar-refractivity contribution is -0.113. The van der Waals surface area contributed by atoms with Gasteiger partial charge >= 0.3 is 0 Å². The molecule has 0 bridgehead atoms. The zero-order valence-electron chi connectivity index (χ0n) is 10.3. The van der Waals surface area contributed by atoms with Crippen LogP contribution in [0.3, 0.4) is 0 Å². The van der Waals surface area contributed by atoms with Crippen molar-refractivity contribution in [2.45, 2.75) is 10.2 Å². The van der Waals surface area contributed by atoms with Gasteiger partial charge in [-0.25, -0.2) is 0 Å². The van der Waals surface area contributed by atoms with Gasteiger partial charge in [0.2, 0.25) is 5.91 Å². The topological polar surface area (TPSA) is 29.1 Å². The summed E-state index contributed by atoms with van der Waals surface area (Å²) in [5, 5.41) is 3.71. The highest BCUT2D eigenvalue weighted by molar-refractivity contribution is 9.08. The molecular formula is C15H14BrNOS. The Kier molecular flexibility index (Phi) is 5.48. The Morgan fingerprint density at radius 2 is 1.74 bits per heavy atom. The number of halogens is 1. The van der Waals surface area contributed by atoms with Crippen molar-refractivity contribution in [1.29, 1.82) is 0 Å². The molecule has 0 saturated carbocycles. The Labute approximate surface area is 125 Å². The SMILES string of the molecule is O=C(CSc1ccccc1)Nc1ccc(CBr)cc1. The summed E-state index contributed by atoms with van der Waals surface area (Å²) >= 11 is 4.93. The van der Waals surface area contributed by atoms with Crippen LogP contribution in [0, 0.1) is 0 Å². The maximum Gasteiger partial charge on any atom is 0.234 e. The van der Waals surface area contributed by atoms with E-state index in [0.717, 1.165) is 15.9 Å². The van der Waals surface area contributed by atoms with Gasteiger partial charge in [0.25, 0.3) is 0 Å². The molecular weight excluding hydrogens is 322 g/mol. The van der Waals surface area contributed by atoms with E-state index in [2.05, 4.69) is 21.2 Å². The van der Waals surface area contributed by atoms with Crippen LogP contribution in [-0.2, 0) is 10.1 Å². The van der Waals surface area contributed by atoms with Gasteiger partial charge < -0.3 is 5.32 Å². The Bertz CT molecular complexity index is 528. The Balaban J connectivity index is 1.83. The van der Waals surface area contributed by atoms with Crippen molar-refractivity contribution in [3.8, 4) is 0 Å². The zero-order chi connectivity index (χ0) is 13.5. The fraction of sp³-hybridized carbons (Fsp3) is 0.133. The maximum absolute atomic E-state index is 11.8. The smallest absolute Gasteiger partial charge is 0.234 e. The molecule has 0 radical (unpaired) electrons. The summed E-state index contributed by atoms with van der Waals surface area (Å²) in [5.74, 6) is 0.435. The lowest BCUT2D eigenvalue weighted by Gasteiger charge is -2.05. The normalized spacial score (nSPS) is 10.2. The molecule has 19 heavy (non-hydrogen) atoms. The number of alkyl halides is 1. The van der Waals surface area contributed by atoms with E-state index in [1.165, 1.54) is 17.3 Å². The second kappa shape index (κ2) is 7.36. The maximum atomic E-state index is 11.8. The number of hydrogen-bond acceptors (Lipinski definition) is 2. The Morgan fingerprint density at radius 1 is 1.05 bits per heavy atom. The van der Waals surface area contributed by atoms with Crippen LogP contribution in [-0.4, -0.2) is 11.7 Å². The molecule has 2 aromatic carbocycles. The predicted molar refractivity (Wildman–Crippen MR) is 84.9 cm³/mol. The van der Waals surface area contributed by atoms with Crippen molar-refractivity contribution in [1.82, 2.24) is 0 Å². The van der Waals surface area contributed by atoms with Crippen molar-refractivity contribution in [3.63, 3.8) is 0 Å². The van der Waals surface area contributed by atoms with Gasteiger partial charge in [-0.3, -0.25) is 4.79 Å². The van der Waals surface area contributed by atoms with E-state index in [4.69, 9.17) is 0 Å². The molecule has 0 aromatic heterocycles. The first-order valence-corrected chi connectivity index (χ1v) is 8.01. The van der Waals surface area contributed by atoms with Crippen molar-refractivity contribution in [2.24, 2.45) is 0 Å². The number of carbonyl (C=O) groups is 1. The molecule has 1 amide bonds. The highest BCUT2D eigenvalue weighted by atomic mass is 79.9. The highest BCUT2D eigenvalue weighted by Crippen LogP contribution is 2.17. The second-order valence-electron chi connectivity index (χ2n) is 3.98. The third kappa shape index (κ3) is 4.73. The molecule has 0 fully saturated rings. The molecule has 1 N–H and O–H groups in total. The van der Waals surface area contributed by atoms with E-state index in [1.54, 1.807) is 0 Å². The van der Waals surface area contributed by atoms with Gasteiger partial charge in [0.05, 0.1) is 5.75 Å². The number of nitrogens with one attached hydrogen (secondary N) is 1. The van der Waals surface area contributed by atoms with Crippen molar-refractivity contribution < 1.29 is 4.79 Å². The van der Waals surface area contributed by atoms with Crippen LogP contribution < -0.4 is 5.32 Å². The van der Waals surface area contributed by atoms with Gasteiger partial charge in [0, 0.05) is 15.9 Å². The van der Waals surface area contributed by atoms with Crippen LogP contribution in [0.1, 0.15) is 5.56 Å². The molecule has 2 aromatic rings. The quantitative estimate of drug-likeness (QED) is 0.651.